The first-order valence-electron chi connectivity index (χ1n) is 16.4. The minimum Gasteiger partial charge on any atom is -0.363 e. The van der Waals surface area contributed by atoms with Crippen LogP contribution < -0.4 is 27.0 Å². The smallest absolute Gasteiger partial charge is 0.316 e. The second-order valence-corrected chi connectivity index (χ2v) is 14.0. The van der Waals surface area contributed by atoms with Crippen molar-refractivity contribution in [2.24, 2.45) is 11.1 Å². The number of likely N-dealkylation sites (tertiary alicyclic amines) is 1. The van der Waals surface area contributed by atoms with Crippen molar-refractivity contribution in [2.45, 2.75) is 127 Å². The molecular formula is C33H48F2N6O5. The Morgan fingerprint density at radius 2 is 1.52 bits per heavy atom. The molecule has 4 rings (SSSR count). The van der Waals surface area contributed by atoms with Crippen LogP contribution in [0.2, 0.25) is 0 Å². The predicted molar refractivity (Wildman–Crippen MR) is 167 cm³/mol. The van der Waals surface area contributed by atoms with Crippen LogP contribution in [0.4, 0.5) is 13.6 Å². The van der Waals surface area contributed by atoms with Gasteiger partial charge in [-0.15, -0.1) is 0 Å². The van der Waals surface area contributed by atoms with E-state index in [0.29, 0.717) is 25.7 Å². The van der Waals surface area contributed by atoms with Crippen LogP contribution in [0.5, 0.6) is 0 Å². The van der Waals surface area contributed by atoms with Gasteiger partial charge in [0, 0.05) is 18.2 Å². The number of halogens is 2. The minimum absolute atomic E-state index is 0.0652. The quantitative estimate of drug-likeness (QED) is 0.183. The number of rotatable bonds is 11. The van der Waals surface area contributed by atoms with E-state index in [1.54, 1.807) is 26.8 Å². The summed E-state index contributed by atoms with van der Waals surface area (Å²) in [6.07, 6.45) is 4.89. The summed E-state index contributed by atoms with van der Waals surface area (Å²) in [5.41, 5.74) is 2.36. The Morgan fingerprint density at radius 1 is 0.891 bits per heavy atom. The fraction of sp³-hybridized carbons (Fsp3) is 0.667. The molecule has 1 aromatic rings. The summed E-state index contributed by atoms with van der Waals surface area (Å²) < 4.78 is 32.2. The molecule has 6 N–H and O–H groups in total. The van der Waals surface area contributed by atoms with Crippen LogP contribution >= 0.6 is 0 Å². The molecule has 0 spiro atoms. The highest BCUT2D eigenvalue weighted by Gasteiger charge is 2.56. The Morgan fingerprint density at radius 3 is 2.11 bits per heavy atom. The summed E-state index contributed by atoms with van der Waals surface area (Å²) in [5.74, 6) is -6.71. The zero-order valence-electron chi connectivity index (χ0n) is 27.0. The third-order valence-electron chi connectivity index (χ3n) is 9.57. The number of primary amides is 1. The molecule has 2 aliphatic carbocycles. The van der Waals surface area contributed by atoms with Crippen LogP contribution in [0.15, 0.2) is 30.3 Å². The third kappa shape index (κ3) is 7.84. The van der Waals surface area contributed by atoms with Gasteiger partial charge in [-0.25, -0.2) is 4.79 Å². The molecule has 0 radical (unpaired) electrons. The van der Waals surface area contributed by atoms with E-state index in [1.165, 1.54) is 29.2 Å². The summed E-state index contributed by atoms with van der Waals surface area (Å²) >= 11 is 0. The van der Waals surface area contributed by atoms with E-state index in [2.05, 4.69) is 21.3 Å². The van der Waals surface area contributed by atoms with Crippen molar-refractivity contribution in [2.75, 3.05) is 6.54 Å². The predicted octanol–water partition coefficient (Wildman–Crippen LogP) is 3.22. The maximum Gasteiger partial charge on any atom is 0.316 e. The molecule has 13 heteroatoms. The van der Waals surface area contributed by atoms with Gasteiger partial charge in [0.25, 0.3) is 17.6 Å². The van der Waals surface area contributed by atoms with Crippen LogP contribution in [0.1, 0.15) is 97.0 Å². The number of Topliss-reactive ketones (excluding diaryl/α,β-unsaturated/α-hetero) is 1. The zero-order chi connectivity index (χ0) is 33.7. The number of hydrogen-bond donors (Lipinski definition) is 5. The maximum absolute atomic E-state index is 16.1. The van der Waals surface area contributed by atoms with Crippen LogP contribution in [-0.2, 0) is 25.1 Å². The van der Waals surface area contributed by atoms with Crippen LogP contribution in [-0.4, -0.2) is 70.8 Å². The highest BCUT2D eigenvalue weighted by molar-refractivity contribution is 6.37. The lowest BCUT2D eigenvalue weighted by Crippen LogP contribution is -2.65. The molecular weight excluding hydrogens is 598 g/mol. The van der Waals surface area contributed by atoms with Gasteiger partial charge in [-0.3, -0.25) is 24.5 Å². The molecule has 46 heavy (non-hydrogen) atoms. The lowest BCUT2D eigenvalue weighted by molar-refractivity contribution is -0.143. The van der Waals surface area contributed by atoms with Crippen LogP contribution in [0.25, 0.3) is 0 Å². The SMILES string of the molecule is CC(C)(C)C(NC(=O)NC1(C(F)(F)c2ccccc2)CCCCC1)C(=O)N1CCCC1C(=O)NC(NC1CCCC1)C(=O)C(N)=O. The van der Waals surface area contributed by atoms with Crippen molar-refractivity contribution in [3.8, 4) is 0 Å². The third-order valence-corrected chi connectivity index (χ3v) is 9.57. The fourth-order valence-electron chi connectivity index (χ4n) is 6.99. The number of nitrogens with one attached hydrogen (secondary N) is 4. The Hall–Kier alpha value is -3.61. The number of hydrogen-bond acceptors (Lipinski definition) is 6. The number of carbonyl (C=O) groups is 5. The fourth-order valence-corrected chi connectivity index (χ4v) is 6.99. The molecule has 5 amide bonds. The summed E-state index contributed by atoms with van der Waals surface area (Å²) in [6, 6.07) is 4.33. The van der Waals surface area contributed by atoms with Gasteiger partial charge in [0.05, 0.1) is 0 Å². The maximum atomic E-state index is 16.1. The number of amides is 5. The number of carbonyl (C=O) groups excluding carboxylic acids is 5. The molecule has 0 bridgehead atoms. The molecule has 254 valence electrons. The average molecular weight is 647 g/mol. The standard InChI is InChI=1S/C33H48F2N6O5/c1-31(2,3)25(38-30(46)40-32(18-10-5-11-19-32)33(34,35)21-13-6-4-7-14-21)29(45)41-20-12-17-23(41)28(44)39-27(24(42)26(36)43)37-22-15-8-9-16-22/h4,6-7,13-14,22-23,25,27,37H,5,8-12,15-20H2,1-3H3,(H2,36,43)(H,39,44)(H2,38,40,46). The highest BCUT2D eigenvalue weighted by Crippen LogP contribution is 2.47. The van der Waals surface area contributed by atoms with E-state index in [4.69, 9.17) is 5.73 Å². The Balaban J connectivity index is 1.50. The second kappa shape index (κ2) is 14.4. The van der Waals surface area contributed by atoms with Crippen LogP contribution in [0, 0.1) is 5.41 Å². The van der Waals surface area contributed by atoms with Gasteiger partial charge in [-0.2, -0.15) is 8.78 Å². The van der Waals surface area contributed by atoms with Gasteiger partial charge in [0.2, 0.25) is 11.8 Å². The van der Waals surface area contributed by atoms with E-state index in [0.717, 1.165) is 32.1 Å². The molecule has 1 aromatic carbocycles. The Bertz CT molecular complexity index is 1270. The molecule has 3 atom stereocenters. The van der Waals surface area contributed by atoms with Gasteiger partial charge in [-0.05, 0) is 43.9 Å². The summed E-state index contributed by atoms with van der Waals surface area (Å²) in [6.45, 7) is 5.43. The molecule has 0 aromatic heterocycles. The van der Waals surface area contributed by atoms with Gasteiger partial charge >= 0.3 is 6.03 Å². The molecule has 3 fully saturated rings. The number of ketones is 1. The van der Waals surface area contributed by atoms with Crippen molar-refractivity contribution >= 4 is 29.5 Å². The van der Waals surface area contributed by atoms with Crippen molar-refractivity contribution in [3.63, 3.8) is 0 Å². The average Bonchev–Trinajstić information content (AvgIpc) is 3.72. The summed E-state index contributed by atoms with van der Waals surface area (Å²) in [4.78, 5) is 66.7. The molecule has 1 aliphatic heterocycles. The topological polar surface area (TPSA) is 163 Å². The Kier molecular flexibility index (Phi) is 11.1. The first-order valence-corrected chi connectivity index (χ1v) is 16.4. The van der Waals surface area contributed by atoms with Gasteiger partial charge in [0.1, 0.15) is 23.8 Å². The van der Waals surface area contributed by atoms with Gasteiger partial charge in [0.15, 0.2) is 0 Å². The Labute approximate surface area is 269 Å². The van der Waals surface area contributed by atoms with Crippen molar-refractivity contribution < 1.29 is 32.8 Å². The number of nitrogens with two attached hydrogens (primary N) is 1. The molecule has 1 saturated heterocycles. The van der Waals surface area contributed by atoms with E-state index in [-0.39, 0.29) is 31.0 Å². The number of urea groups is 1. The number of benzene rings is 1. The van der Waals surface area contributed by atoms with Crippen molar-refractivity contribution in [3.05, 3.63) is 35.9 Å². The molecule has 1 heterocycles. The molecule has 11 nitrogen and oxygen atoms in total. The molecule has 3 aliphatic rings. The van der Waals surface area contributed by atoms with Crippen LogP contribution in [0.3, 0.4) is 0 Å². The highest BCUT2D eigenvalue weighted by atomic mass is 19.3. The normalized spacial score (nSPS) is 21.7. The lowest BCUT2D eigenvalue weighted by Gasteiger charge is -2.44. The first-order chi connectivity index (χ1) is 21.7. The summed E-state index contributed by atoms with van der Waals surface area (Å²) in [7, 11) is 0. The minimum atomic E-state index is -3.36. The van der Waals surface area contributed by atoms with Gasteiger partial charge in [-0.1, -0.05) is 83.2 Å². The van der Waals surface area contributed by atoms with Crippen molar-refractivity contribution in [1.29, 1.82) is 0 Å². The van der Waals surface area contributed by atoms with E-state index in [9.17, 15) is 24.0 Å². The van der Waals surface area contributed by atoms with E-state index < -0.39 is 64.7 Å². The second-order valence-electron chi connectivity index (χ2n) is 14.0. The van der Waals surface area contributed by atoms with Crippen molar-refractivity contribution in [1.82, 2.24) is 26.2 Å². The summed E-state index contributed by atoms with van der Waals surface area (Å²) in [5, 5.41) is 10.9. The zero-order valence-corrected chi connectivity index (χ0v) is 27.0. The number of nitrogens with zero attached hydrogens (tertiary/aromatic N) is 1. The lowest BCUT2D eigenvalue weighted by atomic mass is 9.74. The molecule has 2 saturated carbocycles. The van der Waals surface area contributed by atoms with Gasteiger partial charge < -0.3 is 26.6 Å². The molecule has 3 unspecified atom stereocenters. The number of alkyl halides is 2. The largest absolute Gasteiger partial charge is 0.363 e. The van der Waals surface area contributed by atoms with E-state index >= 15 is 8.78 Å². The monoisotopic (exact) mass is 646 g/mol. The van der Waals surface area contributed by atoms with E-state index in [1.807, 2.05) is 0 Å². The first kappa shape index (κ1) is 35.2.